The summed E-state index contributed by atoms with van der Waals surface area (Å²) in [6.45, 7) is 3.12. The van der Waals surface area contributed by atoms with E-state index in [9.17, 15) is 8.42 Å². The number of nitrogens with zero attached hydrogens (tertiary/aromatic N) is 1. The highest BCUT2D eigenvalue weighted by Crippen LogP contribution is 2.43. The molecule has 0 atom stereocenters. The van der Waals surface area contributed by atoms with Crippen LogP contribution in [0.3, 0.4) is 0 Å². The van der Waals surface area contributed by atoms with Crippen molar-refractivity contribution in [2.24, 2.45) is 5.41 Å². The fourth-order valence-corrected chi connectivity index (χ4v) is 6.77. The van der Waals surface area contributed by atoms with Gasteiger partial charge in [-0.25, -0.2) is 8.42 Å². The second-order valence-corrected chi connectivity index (χ2v) is 9.72. The zero-order valence-corrected chi connectivity index (χ0v) is 15.2. The molecule has 0 bridgehead atoms. The van der Waals surface area contributed by atoms with E-state index >= 15 is 0 Å². The molecule has 2 fully saturated rings. The van der Waals surface area contributed by atoms with Crippen molar-refractivity contribution >= 4 is 57.0 Å². The van der Waals surface area contributed by atoms with Gasteiger partial charge in [0.1, 0.15) is 9.23 Å². The molecule has 0 aromatic carbocycles. The van der Waals surface area contributed by atoms with E-state index in [1.54, 1.807) is 4.31 Å². The molecule has 2 aliphatic rings. The van der Waals surface area contributed by atoms with E-state index in [0.717, 1.165) is 43.7 Å². The maximum Gasteiger partial charge on any atom is 0.245 e. The highest BCUT2D eigenvalue weighted by atomic mass is 35.5. The van der Waals surface area contributed by atoms with Gasteiger partial charge in [0.15, 0.2) is 0 Å². The lowest BCUT2D eigenvalue weighted by molar-refractivity contribution is 0.218. The minimum atomic E-state index is -3.52. The Morgan fingerprint density at radius 2 is 1.90 bits per heavy atom. The lowest BCUT2D eigenvalue weighted by Crippen LogP contribution is -2.39. The summed E-state index contributed by atoms with van der Waals surface area (Å²) in [5.41, 5.74) is 0.143. The van der Waals surface area contributed by atoms with Gasteiger partial charge >= 0.3 is 0 Å². The van der Waals surface area contributed by atoms with Crippen molar-refractivity contribution in [2.75, 3.05) is 26.2 Å². The molecule has 2 saturated heterocycles. The van der Waals surface area contributed by atoms with Crippen LogP contribution < -0.4 is 5.32 Å². The van der Waals surface area contributed by atoms with E-state index in [1.165, 1.54) is 6.07 Å². The van der Waals surface area contributed by atoms with Gasteiger partial charge < -0.3 is 5.32 Å². The monoisotopic (exact) mass is 390 g/mol. The van der Waals surface area contributed by atoms with Crippen LogP contribution in [-0.2, 0) is 10.0 Å². The van der Waals surface area contributed by atoms with E-state index in [2.05, 4.69) is 5.32 Å². The SMILES string of the molecule is Cl.O=S(=O)(c1cc(Cl)sc1Cl)N1CCC2(CCNCC2)C1. The first-order valence-electron chi connectivity index (χ1n) is 6.59. The summed E-state index contributed by atoms with van der Waals surface area (Å²) in [5.74, 6) is 0. The summed E-state index contributed by atoms with van der Waals surface area (Å²) < 4.78 is 27.6. The smallest absolute Gasteiger partial charge is 0.245 e. The standard InChI is InChI=1S/C12H16Cl2N2O2S2.ClH/c13-10-7-9(11(14)19-10)20(17,18)16-6-3-12(8-16)1-4-15-5-2-12;/h7,15H,1-6,8H2;1H. The van der Waals surface area contributed by atoms with Crippen LogP contribution in [0, 0.1) is 5.41 Å². The van der Waals surface area contributed by atoms with Gasteiger partial charge in [-0.05, 0) is 43.8 Å². The number of piperidine rings is 1. The Kier molecular flexibility index (Phi) is 5.52. The molecule has 0 unspecified atom stereocenters. The van der Waals surface area contributed by atoms with E-state index in [0.29, 0.717) is 17.4 Å². The van der Waals surface area contributed by atoms with Crippen LogP contribution in [-0.4, -0.2) is 38.9 Å². The van der Waals surface area contributed by atoms with E-state index in [4.69, 9.17) is 23.2 Å². The molecule has 3 heterocycles. The maximum atomic E-state index is 12.7. The normalized spacial score (nSPS) is 22.4. The van der Waals surface area contributed by atoms with Crippen LogP contribution in [0.25, 0.3) is 0 Å². The van der Waals surface area contributed by atoms with Gasteiger partial charge in [0, 0.05) is 13.1 Å². The first-order valence-corrected chi connectivity index (χ1v) is 9.60. The largest absolute Gasteiger partial charge is 0.317 e. The molecule has 120 valence electrons. The minimum Gasteiger partial charge on any atom is -0.317 e. The number of nitrogens with one attached hydrogen (secondary N) is 1. The summed E-state index contributed by atoms with van der Waals surface area (Å²) in [6.07, 6.45) is 3.01. The molecule has 0 amide bonds. The molecule has 4 nitrogen and oxygen atoms in total. The number of rotatable bonds is 2. The molecule has 9 heteroatoms. The van der Waals surface area contributed by atoms with Gasteiger partial charge in [0.2, 0.25) is 10.0 Å². The predicted octanol–water partition coefficient (Wildman–Crippen LogP) is 3.24. The van der Waals surface area contributed by atoms with E-state index < -0.39 is 10.0 Å². The quantitative estimate of drug-likeness (QED) is 0.842. The molecule has 0 saturated carbocycles. The van der Waals surface area contributed by atoms with Crippen molar-refractivity contribution in [1.82, 2.24) is 9.62 Å². The van der Waals surface area contributed by atoms with Crippen molar-refractivity contribution in [1.29, 1.82) is 0 Å². The van der Waals surface area contributed by atoms with Gasteiger partial charge in [-0.2, -0.15) is 4.31 Å². The Bertz CT molecular complexity index is 612. The highest BCUT2D eigenvalue weighted by molar-refractivity contribution is 7.89. The molecule has 1 spiro atoms. The summed E-state index contributed by atoms with van der Waals surface area (Å²) in [4.78, 5) is 0.153. The van der Waals surface area contributed by atoms with Crippen molar-refractivity contribution in [3.05, 3.63) is 14.7 Å². The molecule has 1 aromatic rings. The van der Waals surface area contributed by atoms with Crippen LogP contribution in [0.4, 0.5) is 0 Å². The molecule has 3 rings (SSSR count). The average Bonchev–Trinajstić information content (AvgIpc) is 2.95. The first-order chi connectivity index (χ1) is 9.43. The second kappa shape index (κ2) is 6.51. The van der Waals surface area contributed by atoms with Gasteiger partial charge in [0.25, 0.3) is 0 Å². The van der Waals surface area contributed by atoms with Crippen LogP contribution in [0.15, 0.2) is 11.0 Å². The Balaban J connectivity index is 0.00000161. The third kappa shape index (κ3) is 3.37. The molecular formula is C12H17Cl3N2O2S2. The topological polar surface area (TPSA) is 49.4 Å². The predicted molar refractivity (Wildman–Crippen MR) is 89.5 cm³/mol. The van der Waals surface area contributed by atoms with E-state index in [-0.39, 0.29) is 27.1 Å². The van der Waals surface area contributed by atoms with Gasteiger partial charge in [0.05, 0.1) is 4.34 Å². The van der Waals surface area contributed by atoms with Gasteiger partial charge in [-0.15, -0.1) is 23.7 Å². The number of hydrogen-bond acceptors (Lipinski definition) is 4. The van der Waals surface area contributed by atoms with Crippen molar-refractivity contribution < 1.29 is 8.42 Å². The van der Waals surface area contributed by atoms with Crippen molar-refractivity contribution in [2.45, 2.75) is 24.2 Å². The number of halogens is 3. The molecule has 21 heavy (non-hydrogen) atoms. The number of thiophene rings is 1. The number of sulfonamides is 1. The highest BCUT2D eigenvalue weighted by Gasteiger charge is 2.44. The summed E-state index contributed by atoms with van der Waals surface area (Å²) in [6, 6.07) is 1.46. The zero-order chi connectivity index (χ0) is 14.4. The molecule has 2 aliphatic heterocycles. The maximum absolute atomic E-state index is 12.7. The second-order valence-electron chi connectivity index (χ2n) is 5.53. The van der Waals surface area contributed by atoms with Gasteiger partial charge in [-0.3, -0.25) is 0 Å². The molecule has 1 N–H and O–H groups in total. The lowest BCUT2D eigenvalue weighted by Gasteiger charge is -2.33. The van der Waals surface area contributed by atoms with Crippen LogP contribution in [0.2, 0.25) is 8.67 Å². The Hall–Kier alpha value is 0.440. The van der Waals surface area contributed by atoms with Crippen LogP contribution in [0.1, 0.15) is 19.3 Å². The third-order valence-corrected chi connectivity index (χ3v) is 7.91. The molecule has 1 aromatic heterocycles. The molecule has 0 aliphatic carbocycles. The van der Waals surface area contributed by atoms with Crippen molar-refractivity contribution in [3.63, 3.8) is 0 Å². The van der Waals surface area contributed by atoms with Gasteiger partial charge in [-0.1, -0.05) is 23.2 Å². The molecular weight excluding hydrogens is 375 g/mol. The Morgan fingerprint density at radius 1 is 1.24 bits per heavy atom. The van der Waals surface area contributed by atoms with Crippen LogP contribution in [0.5, 0.6) is 0 Å². The first kappa shape index (κ1) is 17.8. The third-order valence-electron chi connectivity index (χ3n) is 4.31. The fraction of sp³-hybridized carbons (Fsp3) is 0.667. The Labute approximate surface area is 145 Å². The zero-order valence-electron chi connectivity index (χ0n) is 11.3. The average molecular weight is 392 g/mol. The summed E-state index contributed by atoms with van der Waals surface area (Å²) >= 11 is 13.0. The number of hydrogen-bond donors (Lipinski definition) is 1. The summed E-state index contributed by atoms with van der Waals surface area (Å²) in [7, 11) is -3.52. The molecule has 0 radical (unpaired) electrons. The Morgan fingerprint density at radius 3 is 2.48 bits per heavy atom. The van der Waals surface area contributed by atoms with Crippen molar-refractivity contribution in [3.8, 4) is 0 Å². The fourth-order valence-electron chi connectivity index (χ4n) is 3.10. The summed E-state index contributed by atoms with van der Waals surface area (Å²) in [5, 5.41) is 3.33. The lowest BCUT2D eigenvalue weighted by atomic mass is 9.78. The van der Waals surface area contributed by atoms with Crippen LogP contribution >= 0.6 is 46.9 Å². The minimum absolute atomic E-state index is 0. The van der Waals surface area contributed by atoms with E-state index in [1.807, 2.05) is 0 Å².